The number of aromatic nitrogens is 3. The molecule has 1 fully saturated rings. The van der Waals surface area contributed by atoms with E-state index in [1.54, 1.807) is 6.92 Å². The Hall–Kier alpha value is -1.60. The van der Waals surface area contributed by atoms with Crippen molar-refractivity contribution < 1.29 is 13.2 Å². The Morgan fingerprint density at radius 2 is 1.94 bits per heavy atom. The SMILES string of the molecule is CCN(CC(F)(F)F)c1nc(N)nc(C2CC2)n1. The van der Waals surface area contributed by atoms with E-state index >= 15 is 0 Å². The van der Waals surface area contributed by atoms with Gasteiger partial charge in [-0.3, -0.25) is 0 Å². The number of halogens is 3. The topological polar surface area (TPSA) is 67.9 Å². The van der Waals surface area contributed by atoms with Gasteiger partial charge in [0.25, 0.3) is 0 Å². The number of nitrogens with two attached hydrogens (primary N) is 1. The zero-order valence-corrected chi connectivity index (χ0v) is 9.91. The van der Waals surface area contributed by atoms with Crippen LogP contribution >= 0.6 is 0 Å². The summed E-state index contributed by atoms with van der Waals surface area (Å²) in [5.74, 6) is 0.698. The highest BCUT2D eigenvalue weighted by molar-refractivity contribution is 5.36. The van der Waals surface area contributed by atoms with Crippen LogP contribution in [0.3, 0.4) is 0 Å². The number of alkyl halides is 3. The Morgan fingerprint density at radius 1 is 1.28 bits per heavy atom. The number of hydrogen-bond acceptors (Lipinski definition) is 5. The molecule has 2 rings (SSSR count). The average molecular weight is 261 g/mol. The minimum atomic E-state index is -4.29. The molecule has 0 saturated heterocycles. The number of rotatable bonds is 4. The van der Waals surface area contributed by atoms with Crippen molar-refractivity contribution in [3.8, 4) is 0 Å². The number of anilines is 2. The molecule has 8 heteroatoms. The zero-order valence-electron chi connectivity index (χ0n) is 9.91. The molecule has 5 nitrogen and oxygen atoms in total. The first-order valence-corrected chi connectivity index (χ1v) is 5.72. The van der Waals surface area contributed by atoms with Crippen LogP contribution in [0.15, 0.2) is 0 Å². The van der Waals surface area contributed by atoms with Gasteiger partial charge in [-0.1, -0.05) is 0 Å². The van der Waals surface area contributed by atoms with Gasteiger partial charge in [0, 0.05) is 12.5 Å². The van der Waals surface area contributed by atoms with Crippen LogP contribution in [0.2, 0.25) is 0 Å². The maximum atomic E-state index is 12.4. The van der Waals surface area contributed by atoms with E-state index in [9.17, 15) is 13.2 Å². The first kappa shape index (κ1) is 12.8. The van der Waals surface area contributed by atoms with Crippen LogP contribution in [0.25, 0.3) is 0 Å². The summed E-state index contributed by atoms with van der Waals surface area (Å²) < 4.78 is 37.2. The number of nitrogens with zero attached hydrogens (tertiary/aromatic N) is 4. The lowest BCUT2D eigenvalue weighted by atomic mass is 10.4. The third-order valence-corrected chi connectivity index (χ3v) is 2.64. The van der Waals surface area contributed by atoms with Crippen molar-refractivity contribution in [2.24, 2.45) is 0 Å². The summed E-state index contributed by atoms with van der Waals surface area (Å²) in [6.07, 6.45) is -2.39. The van der Waals surface area contributed by atoms with E-state index in [-0.39, 0.29) is 24.4 Å². The predicted octanol–water partition coefficient (Wildman–Crippen LogP) is 1.72. The highest BCUT2D eigenvalue weighted by Crippen LogP contribution is 2.38. The largest absolute Gasteiger partial charge is 0.406 e. The molecule has 0 unspecified atom stereocenters. The van der Waals surface area contributed by atoms with Gasteiger partial charge in [-0.2, -0.15) is 28.1 Å². The van der Waals surface area contributed by atoms with Gasteiger partial charge in [0.15, 0.2) is 0 Å². The summed E-state index contributed by atoms with van der Waals surface area (Å²) in [6.45, 7) is 0.687. The molecule has 100 valence electrons. The van der Waals surface area contributed by atoms with Gasteiger partial charge < -0.3 is 10.6 Å². The fraction of sp³-hybridized carbons (Fsp3) is 0.700. The molecular formula is C10H14F3N5. The van der Waals surface area contributed by atoms with Crippen molar-refractivity contribution in [1.29, 1.82) is 0 Å². The van der Waals surface area contributed by atoms with Crippen LogP contribution < -0.4 is 10.6 Å². The second kappa shape index (κ2) is 4.58. The third-order valence-electron chi connectivity index (χ3n) is 2.64. The molecule has 1 saturated carbocycles. The molecule has 2 N–H and O–H groups in total. The monoisotopic (exact) mass is 261 g/mol. The maximum absolute atomic E-state index is 12.4. The van der Waals surface area contributed by atoms with E-state index in [1.165, 1.54) is 0 Å². The Balaban J connectivity index is 2.24. The highest BCUT2D eigenvalue weighted by atomic mass is 19.4. The normalized spacial score (nSPS) is 15.8. The van der Waals surface area contributed by atoms with Gasteiger partial charge in [0.1, 0.15) is 12.4 Å². The van der Waals surface area contributed by atoms with E-state index in [0.717, 1.165) is 17.7 Å². The second-order valence-electron chi connectivity index (χ2n) is 4.26. The summed E-state index contributed by atoms with van der Waals surface area (Å²) in [5.41, 5.74) is 5.51. The first-order valence-electron chi connectivity index (χ1n) is 5.72. The van der Waals surface area contributed by atoms with Gasteiger partial charge in [0.2, 0.25) is 11.9 Å². The molecule has 1 heterocycles. The minimum absolute atomic E-state index is 0.00391. The lowest BCUT2D eigenvalue weighted by Gasteiger charge is -2.22. The van der Waals surface area contributed by atoms with Gasteiger partial charge >= 0.3 is 6.18 Å². The predicted molar refractivity (Wildman–Crippen MR) is 60.2 cm³/mol. The van der Waals surface area contributed by atoms with Gasteiger partial charge in [-0.15, -0.1) is 0 Å². The fourth-order valence-electron chi connectivity index (χ4n) is 1.60. The summed E-state index contributed by atoms with van der Waals surface area (Å²) in [6, 6.07) is 0. The molecule has 0 bridgehead atoms. The van der Waals surface area contributed by atoms with Crippen molar-refractivity contribution >= 4 is 11.9 Å². The van der Waals surface area contributed by atoms with Gasteiger partial charge in [-0.05, 0) is 19.8 Å². The maximum Gasteiger partial charge on any atom is 0.406 e. The molecule has 1 aliphatic carbocycles. The van der Waals surface area contributed by atoms with Crippen LogP contribution in [-0.2, 0) is 0 Å². The van der Waals surface area contributed by atoms with E-state index in [2.05, 4.69) is 15.0 Å². The van der Waals surface area contributed by atoms with Crippen molar-refractivity contribution in [3.05, 3.63) is 5.82 Å². The van der Waals surface area contributed by atoms with Crippen LogP contribution in [-0.4, -0.2) is 34.2 Å². The van der Waals surface area contributed by atoms with Crippen molar-refractivity contribution in [1.82, 2.24) is 15.0 Å². The molecular weight excluding hydrogens is 247 g/mol. The number of hydrogen-bond donors (Lipinski definition) is 1. The summed E-state index contributed by atoms with van der Waals surface area (Å²) in [5, 5.41) is 0. The summed E-state index contributed by atoms with van der Waals surface area (Å²) >= 11 is 0. The Bertz CT molecular complexity index is 430. The standard InChI is InChI=1S/C10H14F3N5/c1-2-18(5-10(11,12)13)9-16-7(6-3-4-6)15-8(14)17-9/h6H,2-5H2,1H3,(H2,14,15,16,17). The van der Waals surface area contributed by atoms with Crippen LogP contribution in [0.4, 0.5) is 25.1 Å². The molecule has 0 aromatic carbocycles. The minimum Gasteiger partial charge on any atom is -0.368 e. The quantitative estimate of drug-likeness (QED) is 0.893. The smallest absolute Gasteiger partial charge is 0.368 e. The van der Waals surface area contributed by atoms with E-state index in [4.69, 9.17) is 5.73 Å². The van der Waals surface area contributed by atoms with Crippen LogP contribution in [0.5, 0.6) is 0 Å². The lowest BCUT2D eigenvalue weighted by molar-refractivity contribution is -0.119. The third kappa shape index (κ3) is 3.21. The highest BCUT2D eigenvalue weighted by Gasteiger charge is 2.33. The van der Waals surface area contributed by atoms with Crippen LogP contribution in [0.1, 0.15) is 31.5 Å². The molecule has 0 atom stereocenters. The Labute approximate surface area is 102 Å². The molecule has 0 amide bonds. The second-order valence-corrected chi connectivity index (χ2v) is 4.26. The number of nitrogen functional groups attached to an aromatic ring is 1. The van der Waals surface area contributed by atoms with Crippen molar-refractivity contribution in [2.75, 3.05) is 23.7 Å². The molecule has 1 aromatic heterocycles. The zero-order chi connectivity index (χ0) is 13.3. The van der Waals surface area contributed by atoms with Gasteiger partial charge in [0.05, 0.1) is 0 Å². The van der Waals surface area contributed by atoms with E-state index < -0.39 is 12.7 Å². The molecule has 18 heavy (non-hydrogen) atoms. The Morgan fingerprint density at radius 3 is 2.44 bits per heavy atom. The fourth-order valence-corrected chi connectivity index (χ4v) is 1.60. The molecule has 1 aromatic rings. The Kier molecular flexibility index (Phi) is 3.27. The molecule has 0 radical (unpaired) electrons. The van der Waals surface area contributed by atoms with E-state index in [1.807, 2.05) is 0 Å². The molecule has 0 aliphatic heterocycles. The van der Waals surface area contributed by atoms with E-state index in [0.29, 0.717) is 5.82 Å². The summed E-state index contributed by atoms with van der Waals surface area (Å²) in [7, 11) is 0. The van der Waals surface area contributed by atoms with Crippen LogP contribution in [0, 0.1) is 0 Å². The molecule has 1 aliphatic rings. The van der Waals surface area contributed by atoms with Gasteiger partial charge in [-0.25, -0.2) is 0 Å². The first-order chi connectivity index (χ1) is 8.39. The van der Waals surface area contributed by atoms with Crippen molar-refractivity contribution in [3.63, 3.8) is 0 Å². The molecule has 0 spiro atoms. The lowest BCUT2D eigenvalue weighted by Crippen LogP contribution is -2.35. The average Bonchev–Trinajstić information content (AvgIpc) is 3.07. The van der Waals surface area contributed by atoms with Crippen molar-refractivity contribution in [2.45, 2.75) is 31.9 Å². The summed E-state index contributed by atoms with van der Waals surface area (Å²) in [4.78, 5) is 12.9.